The summed E-state index contributed by atoms with van der Waals surface area (Å²) in [6.45, 7) is 1.02. The molecule has 1 aliphatic rings. The minimum Gasteiger partial charge on any atom is -0.486 e. The molecule has 2 aromatic rings. The first-order chi connectivity index (χ1) is 9.24. The smallest absolute Gasteiger partial charge is 0.354 e. The van der Waals surface area contributed by atoms with Gasteiger partial charge in [-0.25, -0.2) is 14.8 Å². The molecular formula is C13H10N2O4. The molecular weight excluding hydrogens is 248 g/mol. The maximum absolute atomic E-state index is 10.9. The highest BCUT2D eigenvalue weighted by Gasteiger charge is 2.14. The summed E-state index contributed by atoms with van der Waals surface area (Å²) in [6.07, 6.45) is 1.42. The van der Waals surface area contributed by atoms with E-state index in [-0.39, 0.29) is 5.69 Å². The number of benzene rings is 1. The van der Waals surface area contributed by atoms with Gasteiger partial charge in [-0.2, -0.15) is 0 Å². The average Bonchev–Trinajstić information content (AvgIpc) is 2.47. The van der Waals surface area contributed by atoms with Crippen LogP contribution < -0.4 is 9.47 Å². The number of hydrogen-bond donors (Lipinski definition) is 1. The Bertz CT molecular complexity index is 642. The highest BCUT2D eigenvalue weighted by molar-refractivity contribution is 5.85. The Kier molecular flexibility index (Phi) is 2.75. The summed E-state index contributed by atoms with van der Waals surface area (Å²) >= 11 is 0. The number of carbonyl (C=O) groups is 1. The molecule has 0 aliphatic carbocycles. The summed E-state index contributed by atoms with van der Waals surface area (Å²) in [5.41, 5.74) is 0.646. The van der Waals surface area contributed by atoms with Crippen molar-refractivity contribution in [1.82, 2.24) is 9.97 Å². The molecule has 6 nitrogen and oxygen atoms in total. The van der Waals surface area contributed by atoms with Crippen molar-refractivity contribution < 1.29 is 19.4 Å². The van der Waals surface area contributed by atoms with Crippen molar-refractivity contribution in [3.05, 3.63) is 36.2 Å². The zero-order valence-electron chi connectivity index (χ0n) is 9.87. The van der Waals surface area contributed by atoms with Gasteiger partial charge in [-0.3, -0.25) is 0 Å². The normalized spacial score (nSPS) is 13.1. The Hall–Kier alpha value is -2.63. The molecule has 2 heterocycles. The number of carboxylic acids is 1. The van der Waals surface area contributed by atoms with Gasteiger partial charge in [-0.1, -0.05) is 0 Å². The predicted molar refractivity (Wildman–Crippen MR) is 65.4 cm³/mol. The highest BCUT2D eigenvalue weighted by Crippen LogP contribution is 2.33. The number of hydrogen-bond acceptors (Lipinski definition) is 5. The summed E-state index contributed by atoms with van der Waals surface area (Å²) in [5, 5.41) is 8.91. The van der Waals surface area contributed by atoms with Crippen molar-refractivity contribution in [1.29, 1.82) is 0 Å². The molecule has 0 atom stereocenters. The van der Waals surface area contributed by atoms with Crippen LogP contribution in [0.5, 0.6) is 11.5 Å². The fourth-order valence-corrected chi connectivity index (χ4v) is 1.80. The third-order valence-electron chi connectivity index (χ3n) is 2.68. The number of carboxylic acid groups (broad SMARTS) is 1. The van der Waals surface area contributed by atoms with Crippen molar-refractivity contribution >= 4 is 5.97 Å². The molecule has 0 bridgehead atoms. The van der Waals surface area contributed by atoms with E-state index in [1.807, 2.05) is 0 Å². The van der Waals surface area contributed by atoms with E-state index in [1.54, 1.807) is 18.2 Å². The van der Waals surface area contributed by atoms with Crippen LogP contribution in [-0.4, -0.2) is 34.3 Å². The lowest BCUT2D eigenvalue weighted by atomic mass is 10.1. The second-order valence-electron chi connectivity index (χ2n) is 3.93. The van der Waals surface area contributed by atoms with Gasteiger partial charge in [0.1, 0.15) is 13.2 Å². The standard InChI is InChI=1S/C13H10N2O4/c16-13(17)9-3-4-14-12(15-9)8-1-2-10-11(7-8)19-6-5-18-10/h1-4,7H,5-6H2,(H,16,17). The number of rotatable bonds is 2. The minimum atomic E-state index is -1.08. The van der Waals surface area contributed by atoms with E-state index in [9.17, 15) is 4.79 Å². The average molecular weight is 258 g/mol. The van der Waals surface area contributed by atoms with E-state index in [4.69, 9.17) is 14.6 Å². The van der Waals surface area contributed by atoms with Crippen LogP contribution in [0.25, 0.3) is 11.4 Å². The Balaban J connectivity index is 2.02. The molecule has 1 N–H and O–H groups in total. The molecule has 6 heteroatoms. The van der Waals surface area contributed by atoms with Crippen LogP contribution in [0.2, 0.25) is 0 Å². The lowest BCUT2D eigenvalue weighted by molar-refractivity contribution is 0.0690. The van der Waals surface area contributed by atoms with E-state index in [0.717, 1.165) is 0 Å². The minimum absolute atomic E-state index is 0.0418. The maximum atomic E-state index is 10.9. The zero-order chi connectivity index (χ0) is 13.2. The lowest BCUT2D eigenvalue weighted by Gasteiger charge is -2.18. The molecule has 0 saturated heterocycles. The SMILES string of the molecule is O=C(O)c1ccnc(-c2ccc3c(c2)OCCO3)n1. The van der Waals surface area contributed by atoms with Gasteiger partial charge < -0.3 is 14.6 Å². The number of fused-ring (bicyclic) bond motifs is 1. The van der Waals surface area contributed by atoms with Gasteiger partial charge in [-0.05, 0) is 24.3 Å². The van der Waals surface area contributed by atoms with Gasteiger partial charge >= 0.3 is 5.97 Å². The molecule has 0 radical (unpaired) electrons. The molecule has 0 saturated carbocycles. The quantitative estimate of drug-likeness (QED) is 0.881. The first-order valence-corrected chi connectivity index (χ1v) is 5.70. The highest BCUT2D eigenvalue weighted by atomic mass is 16.6. The first-order valence-electron chi connectivity index (χ1n) is 5.70. The molecule has 19 heavy (non-hydrogen) atoms. The molecule has 0 fully saturated rings. The number of aromatic carboxylic acids is 1. The molecule has 0 amide bonds. The van der Waals surface area contributed by atoms with Crippen LogP contribution in [0.15, 0.2) is 30.5 Å². The van der Waals surface area contributed by atoms with E-state index in [2.05, 4.69) is 9.97 Å². The molecule has 1 aromatic carbocycles. The van der Waals surface area contributed by atoms with E-state index < -0.39 is 5.97 Å². The molecule has 96 valence electrons. The summed E-state index contributed by atoms with van der Waals surface area (Å²) in [4.78, 5) is 18.9. The Labute approximate surface area is 108 Å². The van der Waals surface area contributed by atoms with Crippen LogP contribution >= 0.6 is 0 Å². The fourth-order valence-electron chi connectivity index (χ4n) is 1.80. The predicted octanol–water partition coefficient (Wildman–Crippen LogP) is 1.61. The fraction of sp³-hybridized carbons (Fsp3) is 0.154. The van der Waals surface area contributed by atoms with Crippen LogP contribution in [0, 0.1) is 0 Å². The topological polar surface area (TPSA) is 81.5 Å². The van der Waals surface area contributed by atoms with E-state index in [1.165, 1.54) is 12.3 Å². The van der Waals surface area contributed by atoms with Gasteiger partial charge in [0.25, 0.3) is 0 Å². The molecule has 0 spiro atoms. The van der Waals surface area contributed by atoms with Crippen molar-refractivity contribution in [2.24, 2.45) is 0 Å². The lowest BCUT2D eigenvalue weighted by Crippen LogP contribution is -2.15. The second-order valence-corrected chi connectivity index (χ2v) is 3.93. The number of ether oxygens (including phenoxy) is 2. The van der Waals surface area contributed by atoms with Gasteiger partial charge in [0.15, 0.2) is 23.0 Å². The summed E-state index contributed by atoms with van der Waals surface area (Å²) in [6, 6.07) is 6.63. The third-order valence-corrected chi connectivity index (χ3v) is 2.68. The largest absolute Gasteiger partial charge is 0.486 e. The maximum Gasteiger partial charge on any atom is 0.354 e. The van der Waals surface area contributed by atoms with Crippen LogP contribution in [0.3, 0.4) is 0 Å². The van der Waals surface area contributed by atoms with Crippen molar-refractivity contribution in [3.63, 3.8) is 0 Å². The summed E-state index contributed by atoms with van der Waals surface area (Å²) in [5.74, 6) is 0.551. The zero-order valence-corrected chi connectivity index (χ0v) is 9.87. The summed E-state index contributed by atoms with van der Waals surface area (Å²) in [7, 11) is 0. The molecule has 0 unspecified atom stereocenters. The Morgan fingerprint density at radius 2 is 1.95 bits per heavy atom. The van der Waals surface area contributed by atoms with E-state index in [0.29, 0.717) is 36.1 Å². The van der Waals surface area contributed by atoms with Gasteiger partial charge in [-0.15, -0.1) is 0 Å². The van der Waals surface area contributed by atoms with Gasteiger partial charge in [0, 0.05) is 11.8 Å². The molecule has 3 rings (SSSR count). The van der Waals surface area contributed by atoms with Crippen LogP contribution in [0.1, 0.15) is 10.5 Å². The van der Waals surface area contributed by atoms with Crippen LogP contribution in [0.4, 0.5) is 0 Å². The molecule has 1 aliphatic heterocycles. The van der Waals surface area contributed by atoms with Gasteiger partial charge in [0.05, 0.1) is 0 Å². The van der Waals surface area contributed by atoms with Crippen molar-refractivity contribution in [2.75, 3.05) is 13.2 Å². The van der Waals surface area contributed by atoms with Gasteiger partial charge in [0.2, 0.25) is 0 Å². The Morgan fingerprint density at radius 3 is 2.74 bits per heavy atom. The molecule has 1 aromatic heterocycles. The monoisotopic (exact) mass is 258 g/mol. The van der Waals surface area contributed by atoms with Crippen LogP contribution in [-0.2, 0) is 0 Å². The third kappa shape index (κ3) is 2.20. The van der Waals surface area contributed by atoms with E-state index >= 15 is 0 Å². The number of aromatic nitrogens is 2. The van der Waals surface area contributed by atoms with Crippen molar-refractivity contribution in [3.8, 4) is 22.9 Å². The Morgan fingerprint density at radius 1 is 1.16 bits per heavy atom. The number of nitrogens with zero attached hydrogens (tertiary/aromatic N) is 2. The second kappa shape index (κ2) is 4.56. The first kappa shape index (κ1) is 11.5. The summed E-state index contributed by atoms with van der Waals surface area (Å²) < 4.78 is 10.9. The van der Waals surface area contributed by atoms with Crippen molar-refractivity contribution in [2.45, 2.75) is 0 Å².